The fourth-order valence-electron chi connectivity index (χ4n) is 0.966. The zero-order chi connectivity index (χ0) is 8.39. The van der Waals surface area contributed by atoms with Gasteiger partial charge in [0.2, 0.25) is 0 Å². The number of para-hydroxylation sites is 1. The van der Waals surface area contributed by atoms with Gasteiger partial charge >= 0.3 is 5.97 Å². The van der Waals surface area contributed by atoms with E-state index in [1.54, 1.807) is 12.1 Å². The Kier molecular flexibility index (Phi) is 1.55. The lowest BCUT2D eigenvalue weighted by Crippen LogP contribution is -2.02. The molecule has 0 saturated carbocycles. The van der Waals surface area contributed by atoms with Crippen LogP contribution < -0.4 is 4.89 Å². The molecule has 0 atom stereocenters. The van der Waals surface area contributed by atoms with E-state index in [0.29, 0.717) is 5.75 Å². The summed E-state index contributed by atoms with van der Waals surface area (Å²) in [5.41, 5.74) is 0.836. The van der Waals surface area contributed by atoms with Crippen LogP contribution in [0.15, 0.2) is 30.3 Å². The van der Waals surface area contributed by atoms with E-state index in [0.717, 1.165) is 5.56 Å². The van der Waals surface area contributed by atoms with Crippen molar-refractivity contribution in [2.24, 2.45) is 0 Å². The first kappa shape index (κ1) is 6.91. The fourth-order valence-corrected chi connectivity index (χ4v) is 0.966. The summed E-state index contributed by atoms with van der Waals surface area (Å²) in [5.74, 6) is 0.0609. The highest BCUT2D eigenvalue weighted by molar-refractivity contribution is 5.88. The van der Waals surface area contributed by atoms with Crippen LogP contribution in [0.2, 0.25) is 0 Å². The largest absolute Gasteiger partial charge is 0.379 e. The van der Waals surface area contributed by atoms with E-state index in [-0.39, 0.29) is 0 Å². The molecule has 1 aliphatic rings. The van der Waals surface area contributed by atoms with Crippen LogP contribution in [0, 0.1) is 0 Å². The number of carbonyl (C=O) groups excluding carboxylic acids is 1. The molecule has 0 amide bonds. The van der Waals surface area contributed by atoms with E-state index >= 15 is 0 Å². The van der Waals surface area contributed by atoms with Crippen molar-refractivity contribution >= 4 is 12.0 Å². The zero-order valence-corrected chi connectivity index (χ0v) is 6.19. The van der Waals surface area contributed by atoms with Crippen molar-refractivity contribution in [3.05, 3.63) is 35.9 Å². The molecule has 1 heterocycles. The van der Waals surface area contributed by atoms with Gasteiger partial charge in [0.05, 0.1) is 0 Å². The van der Waals surface area contributed by atoms with Crippen molar-refractivity contribution in [3.8, 4) is 5.75 Å². The van der Waals surface area contributed by atoms with Crippen LogP contribution in [0.25, 0.3) is 6.08 Å². The monoisotopic (exact) mass is 162 g/mol. The van der Waals surface area contributed by atoms with Crippen LogP contribution in [0.1, 0.15) is 5.56 Å². The second-order valence-corrected chi connectivity index (χ2v) is 2.36. The topological polar surface area (TPSA) is 35.5 Å². The van der Waals surface area contributed by atoms with E-state index in [1.165, 1.54) is 6.08 Å². The quantitative estimate of drug-likeness (QED) is 0.543. The van der Waals surface area contributed by atoms with Crippen LogP contribution >= 0.6 is 0 Å². The van der Waals surface area contributed by atoms with Gasteiger partial charge in [-0.1, -0.05) is 18.2 Å². The second-order valence-electron chi connectivity index (χ2n) is 2.36. The van der Waals surface area contributed by atoms with E-state index in [9.17, 15) is 4.79 Å². The highest BCUT2D eigenvalue weighted by atomic mass is 17.2. The molecular formula is C9H6O3. The van der Waals surface area contributed by atoms with Crippen LogP contribution in [-0.4, -0.2) is 5.97 Å². The van der Waals surface area contributed by atoms with E-state index in [2.05, 4.69) is 4.89 Å². The minimum Gasteiger partial charge on any atom is -0.286 e. The number of hydrogen-bond acceptors (Lipinski definition) is 3. The molecule has 0 aromatic heterocycles. The zero-order valence-electron chi connectivity index (χ0n) is 6.19. The predicted molar refractivity (Wildman–Crippen MR) is 42.2 cm³/mol. The van der Waals surface area contributed by atoms with Crippen LogP contribution in [0.4, 0.5) is 0 Å². The summed E-state index contributed by atoms with van der Waals surface area (Å²) < 4.78 is 0. The van der Waals surface area contributed by atoms with Crippen molar-refractivity contribution in [2.45, 2.75) is 0 Å². The number of fused-ring (bicyclic) bond motifs is 1. The maximum Gasteiger partial charge on any atom is 0.379 e. The van der Waals surface area contributed by atoms with Gasteiger partial charge in [-0.15, -0.1) is 0 Å². The fraction of sp³-hybridized carbons (Fsp3) is 0. The first-order valence-electron chi connectivity index (χ1n) is 3.52. The summed E-state index contributed by atoms with van der Waals surface area (Å²) in [6.07, 6.45) is 2.98. The number of benzene rings is 1. The van der Waals surface area contributed by atoms with Gasteiger partial charge in [0.1, 0.15) is 0 Å². The number of hydrogen-bond donors (Lipinski definition) is 0. The Hall–Kier alpha value is -1.77. The summed E-state index contributed by atoms with van der Waals surface area (Å²) in [6, 6.07) is 7.25. The van der Waals surface area contributed by atoms with Gasteiger partial charge in [-0.25, -0.2) is 9.68 Å². The van der Waals surface area contributed by atoms with Crippen molar-refractivity contribution in [3.63, 3.8) is 0 Å². The smallest absolute Gasteiger partial charge is 0.286 e. The average Bonchev–Trinajstić information content (AvgIpc) is 2.29. The van der Waals surface area contributed by atoms with Gasteiger partial charge in [-0.3, -0.25) is 4.89 Å². The molecule has 0 saturated heterocycles. The lowest BCUT2D eigenvalue weighted by atomic mass is 10.2. The molecule has 0 radical (unpaired) electrons. The highest BCUT2D eigenvalue weighted by Gasteiger charge is 2.08. The molecule has 3 heteroatoms. The molecule has 0 aliphatic carbocycles. The molecule has 12 heavy (non-hydrogen) atoms. The third kappa shape index (κ3) is 1.16. The van der Waals surface area contributed by atoms with Crippen LogP contribution in [0.3, 0.4) is 0 Å². The Labute approximate surface area is 69.1 Å². The molecule has 0 unspecified atom stereocenters. The molecule has 1 aromatic carbocycles. The Morgan fingerprint density at radius 1 is 1.00 bits per heavy atom. The molecule has 1 aliphatic heterocycles. The summed E-state index contributed by atoms with van der Waals surface area (Å²) in [6.45, 7) is 0. The van der Waals surface area contributed by atoms with Gasteiger partial charge in [-0.2, -0.15) is 0 Å². The molecule has 0 bridgehead atoms. The predicted octanol–water partition coefficient (Wildman–Crippen LogP) is 1.55. The van der Waals surface area contributed by atoms with Gasteiger partial charge in [-0.05, 0) is 12.1 Å². The standard InChI is InChI=1S/C9H6O3/c10-9-6-5-7-3-1-2-4-8(7)11-12-9/h1-6H. The van der Waals surface area contributed by atoms with E-state index in [1.807, 2.05) is 18.2 Å². The average molecular weight is 162 g/mol. The molecular weight excluding hydrogens is 156 g/mol. The Balaban J connectivity index is 2.45. The number of rotatable bonds is 0. The van der Waals surface area contributed by atoms with Crippen LogP contribution in [0.5, 0.6) is 5.75 Å². The van der Waals surface area contributed by atoms with Crippen molar-refractivity contribution in [1.29, 1.82) is 0 Å². The minimum absolute atomic E-state index is 0.494. The van der Waals surface area contributed by atoms with Gasteiger partial charge in [0.25, 0.3) is 0 Å². The SMILES string of the molecule is O=C1C=Cc2ccccc2OO1. The van der Waals surface area contributed by atoms with E-state index < -0.39 is 5.97 Å². The Morgan fingerprint density at radius 3 is 2.75 bits per heavy atom. The summed E-state index contributed by atoms with van der Waals surface area (Å²) in [5, 5.41) is 0. The van der Waals surface area contributed by atoms with Crippen LogP contribution in [-0.2, 0) is 9.68 Å². The first-order chi connectivity index (χ1) is 5.86. The molecule has 3 nitrogen and oxygen atoms in total. The van der Waals surface area contributed by atoms with Crippen molar-refractivity contribution in [1.82, 2.24) is 0 Å². The molecule has 0 fully saturated rings. The summed E-state index contributed by atoms with van der Waals surface area (Å²) >= 11 is 0. The molecule has 1 aromatic rings. The maximum absolute atomic E-state index is 10.7. The van der Waals surface area contributed by atoms with Crippen molar-refractivity contribution in [2.75, 3.05) is 0 Å². The van der Waals surface area contributed by atoms with E-state index in [4.69, 9.17) is 4.89 Å². The maximum atomic E-state index is 10.7. The van der Waals surface area contributed by atoms with Gasteiger partial charge in [0.15, 0.2) is 5.75 Å². The normalized spacial score (nSPS) is 14.2. The minimum atomic E-state index is -0.494. The molecule has 0 spiro atoms. The lowest BCUT2D eigenvalue weighted by molar-refractivity contribution is -0.206. The third-order valence-electron chi connectivity index (χ3n) is 1.53. The molecule has 2 rings (SSSR count). The molecule has 0 N–H and O–H groups in total. The first-order valence-corrected chi connectivity index (χ1v) is 3.52. The summed E-state index contributed by atoms with van der Waals surface area (Å²) in [4.78, 5) is 19.9. The third-order valence-corrected chi connectivity index (χ3v) is 1.53. The van der Waals surface area contributed by atoms with Gasteiger partial charge in [0, 0.05) is 11.6 Å². The Bertz CT molecular complexity index is 341. The summed E-state index contributed by atoms with van der Waals surface area (Å²) in [7, 11) is 0. The Morgan fingerprint density at radius 2 is 1.83 bits per heavy atom. The highest BCUT2D eigenvalue weighted by Crippen LogP contribution is 2.21. The number of carbonyl (C=O) groups is 1. The molecule has 60 valence electrons. The second kappa shape index (κ2) is 2.70. The van der Waals surface area contributed by atoms with Gasteiger partial charge < -0.3 is 0 Å². The van der Waals surface area contributed by atoms with Crippen molar-refractivity contribution < 1.29 is 14.6 Å². The lowest BCUT2D eigenvalue weighted by Gasteiger charge is -2.01.